The van der Waals surface area contributed by atoms with Crippen molar-refractivity contribution >= 4 is 26.7 Å². The van der Waals surface area contributed by atoms with Crippen LogP contribution in [-0.4, -0.2) is 73.3 Å². The van der Waals surface area contributed by atoms with Gasteiger partial charge in [-0.15, -0.1) is 0 Å². The number of nitrogens with zero attached hydrogens (tertiary/aromatic N) is 4. The molecule has 25 heavy (non-hydrogen) atoms. The van der Waals surface area contributed by atoms with Gasteiger partial charge in [0.15, 0.2) is 5.13 Å². The number of hydrogen-bond acceptors (Lipinski definition) is 6. The van der Waals surface area contributed by atoms with E-state index >= 15 is 0 Å². The zero-order valence-electron chi connectivity index (χ0n) is 15.3. The quantitative estimate of drug-likeness (QED) is 0.837. The van der Waals surface area contributed by atoms with E-state index in [1.807, 2.05) is 11.3 Å². The van der Waals surface area contributed by atoms with Crippen LogP contribution < -0.4 is 4.90 Å². The van der Waals surface area contributed by atoms with Gasteiger partial charge >= 0.3 is 0 Å². The molecule has 0 saturated carbocycles. The van der Waals surface area contributed by atoms with E-state index in [0.717, 1.165) is 64.5 Å². The fourth-order valence-corrected chi connectivity index (χ4v) is 4.72. The molecule has 136 valence electrons. The third-order valence-corrected chi connectivity index (χ3v) is 6.35. The van der Waals surface area contributed by atoms with Crippen molar-refractivity contribution in [1.82, 2.24) is 14.8 Å². The summed E-state index contributed by atoms with van der Waals surface area (Å²) in [5, 5.41) is 1.18. The third kappa shape index (κ3) is 3.97. The van der Waals surface area contributed by atoms with Crippen LogP contribution in [0.5, 0.6) is 0 Å². The number of fused-ring (bicyclic) bond motifs is 1. The Hall–Kier alpha value is -1.21. The monoisotopic (exact) mass is 360 g/mol. The molecule has 0 atom stereocenters. The number of anilines is 1. The van der Waals surface area contributed by atoms with Gasteiger partial charge < -0.3 is 9.64 Å². The Balaban J connectivity index is 1.45. The predicted octanol–water partition coefficient (Wildman–Crippen LogP) is 2.66. The zero-order chi connectivity index (χ0) is 17.2. The van der Waals surface area contributed by atoms with Crippen molar-refractivity contribution in [2.45, 2.75) is 26.4 Å². The molecule has 2 aromatic rings. The van der Waals surface area contributed by atoms with Crippen LogP contribution in [0.15, 0.2) is 18.2 Å². The van der Waals surface area contributed by atoms with Crippen LogP contribution >= 0.6 is 11.3 Å². The van der Waals surface area contributed by atoms with Crippen molar-refractivity contribution in [3.05, 3.63) is 23.8 Å². The number of ether oxygens (including phenoxy) is 1. The Morgan fingerprint density at radius 2 is 1.84 bits per heavy atom. The molecule has 0 spiro atoms. The minimum atomic E-state index is 0.639. The van der Waals surface area contributed by atoms with E-state index in [4.69, 9.17) is 9.72 Å². The Morgan fingerprint density at radius 3 is 2.56 bits per heavy atom. The molecule has 0 bridgehead atoms. The molecule has 0 amide bonds. The number of aromatic nitrogens is 1. The van der Waals surface area contributed by atoms with Gasteiger partial charge in [0.25, 0.3) is 0 Å². The van der Waals surface area contributed by atoms with Gasteiger partial charge in [-0.2, -0.15) is 0 Å². The van der Waals surface area contributed by atoms with Gasteiger partial charge in [-0.05, 0) is 31.5 Å². The minimum absolute atomic E-state index is 0.639. The van der Waals surface area contributed by atoms with Crippen molar-refractivity contribution in [1.29, 1.82) is 0 Å². The summed E-state index contributed by atoms with van der Waals surface area (Å²) < 4.78 is 6.75. The Kier molecular flexibility index (Phi) is 5.22. The van der Waals surface area contributed by atoms with Gasteiger partial charge in [0.05, 0.1) is 23.4 Å². The van der Waals surface area contributed by atoms with Crippen LogP contribution in [0.25, 0.3) is 10.2 Å². The maximum absolute atomic E-state index is 5.44. The number of thiazole rings is 1. The lowest BCUT2D eigenvalue weighted by Gasteiger charge is -2.36. The highest BCUT2D eigenvalue weighted by atomic mass is 32.1. The minimum Gasteiger partial charge on any atom is -0.379 e. The molecule has 2 fully saturated rings. The number of morpholine rings is 1. The van der Waals surface area contributed by atoms with Crippen LogP contribution in [0.4, 0.5) is 5.13 Å². The molecule has 0 N–H and O–H groups in total. The van der Waals surface area contributed by atoms with Gasteiger partial charge in [0.1, 0.15) is 0 Å². The summed E-state index contributed by atoms with van der Waals surface area (Å²) in [5.74, 6) is 0. The summed E-state index contributed by atoms with van der Waals surface area (Å²) in [5.41, 5.74) is 2.52. The summed E-state index contributed by atoms with van der Waals surface area (Å²) in [6, 6.07) is 7.39. The van der Waals surface area contributed by atoms with Crippen molar-refractivity contribution in [2.24, 2.45) is 0 Å². The second-order valence-corrected chi connectivity index (χ2v) is 8.31. The van der Waals surface area contributed by atoms with E-state index in [2.05, 4.69) is 46.7 Å². The topological polar surface area (TPSA) is 31.8 Å². The highest BCUT2D eigenvalue weighted by molar-refractivity contribution is 7.22. The Labute approximate surface area is 154 Å². The average molecular weight is 361 g/mol. The van der Waals surface area contributed by atoms with Gasteiger partial charge in [-0.1, -0.05) is 17.4 Å². The molecule has 6 heteroatoms. The van der Waals surface area contributed by atoms with E-state index < -0.39 is 0 Å². The molecule has 5 nitrogen and oxygen atoms in total. The fourth-order valence-electron chi connectivity index (χ4n) is 3.64. The second kappa shape index (κ2) is 7.58. The van der Waals surface area contributed by atoms with Gasteiger partial charge in [0.2, 0.25) is 0 Å². The molecule has 2 saturated heterocycles. The van der Waals surface area contributed by atoms with E-state index in [1.54, 1.807) is 0 Å². The second-order valence-electron chi connectivity index (χ2n) is 7.30. The van der Waals surface area contributed by atoms with Crippen LogP contribution in [0.3, 0.4) is 0 Å². The molecular formula is C19H28N4OS. The fraction of sp³-hybridized carbons (Fsp3) is 0.632. The van der Waals surface area contributed by atoms with E-state index in [0.29, 0.717) is 6.04 Å². The molecule has 1 aromatic heterocycles. The largest absolute Gasteiger partial charge is 0.379 e. The first kappa shape index (κ1) is 17.2. The van der Waals surface area contributed by atoms with Gasteiger partial charge in [-0.3, -0.25) is 9.80 Å². The summed E-state index contributed by atoms with van der Waals surface area (Å²) in [7, 11) is 0. The Bertz CT molecular complexity index is 703. The summed E-state index contributed by atoms with van der Waals surface area (Å²) >= 11 is 1.84. The normalized spacial score (nSPS) is 20.7. The van der Waals surface area contributed by atoms with Crippen molar-refractivity contribution in [2.75, 3.05) is 57.4 Å². The molecule has 4 rings (SSSR count). The van der Waals surface area contributed by atoms with Gasteiger partial charge in [-0.25, -0.2) is 4.98 Å². The van der Waals surface area contributed by atoms with Crippen LogP contribution in [-0.2, 0) is 11.3 Å². The molecular weight excluding hydrogens is 332 g/mol. The van der Waals surface area contributed by atoms with Gasteiger partial charge in [0, 0.05) is 51.9 Å². The van der Waals surface area contributed by atoms with Crippen LogP contribution in [0.2, 0.25) is 0 Å². The van der Waals surface area contributed by atoms with E-state index in [-0.39, 0.29) is 0 Å². The van der Waals surface area contributed by atoms with E-state index in [1.165, 1.54) is 15.4 Å². The highest BCUT2D eigenvalue weighted by Gasteiger charge is 2.21. The lowest BCUT2D eigenvalue weighted by Crippen LogP contribution is -2.48. The molecule has 2 aliphatic heterocycles. The third-order valence-electron chi connectivity index (χ3n) is 5.27. The SMILES string of the molecule is CC(C)N1CCN(c2nc3ccc(CN4CCOCC4)cc3s2)CC1. The maximum atomic E-state index is 5.44. The summed E-state index contributed by atoms with van der Waals surface area (Å²) in [4.78, 5) is 12.4. The van der Waals surface area contributed by atoms with E-state index in [9.17, 15) is 0 Å². The first-order chi connectivity index (χ1) is 12.2. The number of benzene rings is 1. The summed E-state index contributed by atoms with van der Waals surface area (Å²) in [6.07, 6.45) is 0. The van der Waals surface area contributed by atoms with Crippen molar-refractivity contribution < 1.29 is 4.74 Å². The first-order valence-corrected chi connectivity index (χ1v) is 10.2. The maximum Gasteiger partial charge on any atom is 0.186 e. The zero-order valence-corrected chi connectivity index (χ0v) is 16.1. The van der Waals surface area contributed by atoms with Crippen LogP contribution in [0, 0.1) is 0 Å². The molecule has 2 aliphatic rings. The average Bonchev–Trinajstić information content (AvgIpc) is 3.06. The Morgan fingerprint density at radius 1 is 1.08 bits per heavy atom. The standard InChI is InChI=1S/C19H28N4OS/c1-15(2)22-5-7-23(8-6-22)19-20-17-4-3-16(13-18(17)25-19)14-21-9-11-24-12-10-21/h3-4,13,15H,5-12,14H2,1-2H3. The smallest absolute Gasteiger partial charge is 0.186 e. The van der Waals surface area contributed by atoms with Crippen LogP contribution in [0.1, 0.15) is 19.4 Å². The molecule has 1 aromatic carbocycles. The lowest BCUT2D eigenvalue weighted by atomic mass is 10.2. The lowest BCUT2D eigenvalue weighted by molar-refractivity contribution is 0.0342. The molecule has 0 radical (unpaired) electrons. The number of rotatable bonds is 4. The highest BCUT2D eigenvalue weighted by Crippen LogP contribution is 2.30. The van der Waals surface area contributed by atoms with Crippen molar-refractivity contribution in [3.8, 4) is 0 Å². The predicted molar refractivity (Wildman–Crippen MR) is 105 cm³/mol. The number of piperazine rings is 1. The number of hydrogen-bond donors (Lipinski definition) is 0. The molecule has 3 heterocycles. The van der Waals surface area contributed by atoms with Crippen molar-refractivity contribution in [3.63, 3.8) is 0 Å². The molecule has 0 unspecified atom stereocenters. The first-order valence-electron chi connectivity index (χ1n) is 9.37. The summed E-state index contributed by atoms with van der Waals surface area (Å²) in [6.45, 7) is 13.8. The molecule has 0 aliphatic carbocycles.